The Balaban J connectivity index is 5.82. The van der Waals surface area contributed by atoms with Crippen LogP contribution in [0.1, 0.15) is 87.0 Å². The van der Waals surface area contributed by atoms with Gasteiger partial charge in [0.05, 0.1) is 11.3 Å². The smallest absolute Gasteiger partial charge is 0.394 e. The van der Waals surface area contributed by atoms with Gasteiger partial charge in [-0.25, -0.2) is 0 Å². The minimum Gasteiger partial charge on any atom is -0.481 e. The summed E-state index contributed by atoms with van der Waals surface area (Å²) >= 11 is 0. The van der Waals surface area contributed by atoms with Crippen molar-refractivity contribution < 1.29 is 23.1 Å². The molecule has 0 aliphatic rings. The summed E-state index contributed by atoms with van der Waals surface area (Å²) in [6.07, 6.45) is -2.03. The molecule has 0 saturated heterocycles. The van der Waals surface area contributed by atoms with E-state index in [4.69, 9.17) is 0 Å². The van der Waals surface area contributed by atoms with Gasteiger partial charge in [-0.15, -0.1) is 0 Å². The van der Waals surface area contributed by atoms with Crippen LogP contribution in [0.15, 0.2) is 0 Å². The van der Waals surface area contributed by atoms with E-state index < -0.39 is 34.3 Å². The highest BCUT2D eigenvalue weighted by Gasteiger charge is 2.55. The number of aliphatic carboxylic acids is 1. The standard InChI is InChI=1S/C19H35F3O2/c1-8-14(15(23)24)12-16(5,9-2)17(6,10-3)13-18(7,11-4)19(20,21)22/h14H,8-13H2,1-7H3,(H,23,24). The maximum Gasteiger partial charge on any atom is 0.394 e. The van der Waals surface area contributed by atoms with E-state index in [0.717, 1.165) is 0 Å². The molecule has 0 aromatic carbocycles. The van der Waals surface area contributed by atoms with Crippen LogP contribution >= 0.6 is 0 Å². The Morgan fingerprint density at radius 2 is 1.29 bits per heavy atom. The van der Waals surface area contributed by atoms with E-state index in [2.05, 4.69) is 0 Å². The maximum absolute atomic E-state index is 13.6. The number of alkyl halides is 3. The highest BCUT2D eigenvalue weighted by atomic mass is 19.4. The van der Waals surface area contributed by atoms with Gasteiger partial charge in [0.1, 0.15) is 0 Å². The number of hydrogen-bond acceptors (Lipinski definition) is 1. The van der Waals surface area contributed by atoms with Crippen LogP contribution in [0.5, 0.6) is 0 Å². The molecular formula is C19H35F3O2. The summed E-state index contributed by atoms with van der Waals surface area (Å²) in [6.45, 7) is 12.5. The Bertz CT molecular complexity index is 421. The van der Waals surface area contributed by atoms with Gasteiger partial charge < -0.3 is 5.11 Å². The third-order valence-corrected chi connectivity index (χ3v) is 6.80. The predicted molar refractivity (Wildman–Crippen MR) is 91.9 cm³/mol. The molecule has 0 radical (unpaired) electrons. The van der Waals surface area contributed by atoms with E-state index >= 15 is 0 Å². The van der Waals surface area contributed by atoms with E-state index in [-0.39, 0.29) is 12.8 Å². The van der Waals surface area contributed by atoms with Gasteiger partial charge in [-0.1, -0.05) is 61.3 Å². The number of carboxylic acids is 1. The lowest BCUT2D eigenvalue weighted by atomic mass is 9.54. The summed E-state index contributed by atoms with van der Waals surface area (Å²) in [4.78, 5) is 11.5. The molecule has 4 unspecified atom stereocenters. The van der Waals surface area contributed by atoms with Crippen LogP contribution in [-0.4, -0.2) is 17.3 Å². The van der Waals surface area contributed by atoms with Crippen LogP contribution in [0.25, 0.3) is 0 Å². The predicted octanol–water partition coefficient (Wildman–Crippen LogP) is 6.69. The molecule has 24 heavy (non-hydrogen) atoms. The van der Waals surface area contributed by atoms with Gasteiger partial charge in [-0.05, 0) is 36.5 Å². The van der Waals surface area contributed by atoms with Gasteiger partial charge >= 0.3 is 12.1 Å². The molecular weight excluding hydrogens is 317 g/mol. The van der Waals surface area contributed by atoms with Gasteiger partial charge in [0, 0.05) is 0 Å². The molecule has 0 fully saturated rings. The molecule has 0 bridgehead atoms. The van der Waals surface area contributed by atoms with Crippen molar-refractivity contribution in [3.8, 4) is 0 Å². The van der Waals surface area contributed by atoms with Crippen LogP contribution in [0.3, 0.4) is 0 Å². The molecule has 0 aromatic rings. The Morgan fingerprint density at radius 1 is 0.875 bits per heavy atom. The molecule has 0 saturated carbocycles. The lowest BCUT2D eigenvalue weighted by Gasteiger charge is -2.51. The van der Waals surface area contributed by atoms with Crippen molar-refractivity contribution >= 4 is 5.97 Å². The fourth-order valence-corrected chi connectivity index (χ4v) is 3.82. The highest BCUT2D eigenvalue weighted by molar-refractivity contribution is 5.69. The molecule has 0 rings (SSSR count). The van der Waals surface area contributed by atoms with Crippen molar-refractivity contribution in [1.29, 1.82) is 0 Å². The van der Waals surface area contributed by atoms with Gasteiger partial charge in [0.15, 0.2) is 0 Å². The van der Waals surface area contributed by atoms with Crippen LogP contribution in [0.2, 0.25) is 0 Å². The average molecular weight is 352 g/mol. The second-order valence-electron chi connectivity index (χ2n) is 8.06. The van der Waals surface area contributed by atoms with Crippen LogP contribution < -0.4 is 0 Å². The molecule has 0 aromatic heterocycles. The van der Waals surface area contributed by atoms with Gasteiger partial charge in [0.2, 0.25) is 0 Å². The molecule has 0 heterocycles. The zero-order valence-electron chi connectivity index (χ0n) is 16.3. The second kappa shape index (κ2) is 8.09. The topological polar surface area (TPSA) is 37.3 Å². The maximum atomic E-state index is 13.6. The molecule has 1 N–H and O–H groups in total. The van der Waals surface area contributed by atoms with Crippen molar-refractivity contribution in [3.05, 3.63) is 0 Å². The summed E-state index contributed by atoms with van der Waals surface area (Å²) < 4.78 is 40.9. The van der Waals surface area contributed by atoms with E-state index in [0.29, 0.717) is 25.7 Å². The first-order chi connectivity index (χ1) is 10.8. The lowest BCUT2D eigenvalue weighted by Crippen LogP contribution is -2.46. The van der Waals surface area contributed by atoms with E-state index in [1.165, 1.54) is 6.92 Å². The summed E-state index contributed by atoms with van der Waals surface area (Å²) in [5.74, 6) is -1.37. The summed E-state index contributed by atoms with van der Waals surface area (Å²) in [7, 11) is 0. The highest BCUT2D eigenvalue weighted by Crippen LogP contribution is 2.58. The van der Waals surface area contributed by atoms with Crippen molar-refractivity contribution in [2.24, 2.45) is 22.2 Å². The largest absolute Gasteiger partial charge is 0.481 e. The van der Waals surface area contributed by atoms with E-state index in [1.54, 1.807) is 6.92 Å². The second-order valence-corrected chi connectivity index (χ2v) is 8.06. The quantitative estimate of drug-likeness (QED) is 0.475. The van der Waals surface area contributed by atoms with E-state index in [9.17, 15) is 23.1 Å². The van der Waals surface area contributed by atoms with Crippen molar-refractivity contribution in [2.75, 3.05) is 0 Å². The van der Waals surface area contributed by atoms with Crippen LogP contribution in [0, 0.1) is 22.2 Å². The monoisotopic (exact) mass is 352 g/mol. The Hall–Kier alpha value is -0.740. The first-order valence-corrected chi connectivity index (χ1v) is 9.05. The minimum atomic E-state index is -4.26. The van der Waals surface area contributed by atoms with Crippen molar-refractivity contribution in [3.63, 3.8) is 0 Å². The number of halogens is 3. The normalized spacial score (nSPS) is 21.4. The first-order valence-electron chi connectivity index (χ1n) is 9.05. The summed E-state index contributed by atoms with van der Waals surface area (Å²) in [5, 5.41) is 9.40. The first kappa shape index (κ1) is 23.3. The number of hydrogen-bond donors (Lipinski definition) is 1. The Labute approximate surface area is 145 Å². The van der Waals surface area contributed by atoms with Gasteiger partial charge in [-0.2, -0.15) is 13.2 Å². The minimum absolute atomic E-state index is 0.0247. The molecule has 5 heteroatoms. The number of carboxylic acid groups (broad SMARTS) is 1. The lowest BCUT2D eigenvalue weighted by molar-refractivity contribution is -0.235. The SMILES string of the molecule is CCC(CC(C)(CC)C(C)(CC)CC(C)(CC)C(F)(F)F)C(=O)O. The van der Waals surface area contributed by atoms with Gasteiger partial charge in [0.25, 0.3) is 0 Å². The summed E-state index contributed by atoms with van der Waals surface area (Å²) in [5.41, 5.74) is -2.79. The third kappa shape index (κ3) is 4.66. The van der Waals surface area contributed by atoms with Gasteiger partial charge in [-0.3, -0.25) is 4.79 Å². The van der Waals surface area contributed by atoms with Crippen LogP contribution in [0.4, 0.5) is 13.2 Å². The number of rotatable bonds is 10. The van der Waals surface area contributed by atoms with Crippen molar-refractivity contribution in [2.45, 2.75) is 93.2 Å². The van der Waals surface area contributed by atoms with Crippen LogP contribution in [-0.2, 0) is 4.79 Å². The Morgan fingerprint density at radius 3 is 1.54 bits per heavy atom. The molecule has 0 aliphatic carbocycles. The zero-order chi connectivity index (χ0) is 19.4. The number of carbonyl (C=O) groups is 1. The summed E-state index contributed by atoms with van der Waals surface area (Å²) in [6, 6.07) is 0. The zero-order valence-corrected chi connectivity index (χ0v) is 16.3. The Kier molecular flexibility index (Phi) is 7.84. The van der Waals surface area contributed by atoms with E-state index in [1.807, 2.05) is 34.6 Å². The molecule has 0 spiro atoms. The fraction of sp³-hybridized carbons (Fsp3) is 0.947. The molecule has 0 amide bonds. The fourth-order valence-electron chi connectivity index (χ4n) is 3.82. The third-order valence-electron chi connectivity index (χ3n) is 6.80. The molecule has 2 nitrogen and oxygen atoms in total. The molecule has 0 aliphatic heterocycles. The average Bonchev–Trinajstić information content (AvgIpc) is 2.50. The van der Waals surface area contributed by atoms with Crippen molar-refractivity contribution in [1.82, 2.24) is 0 Å². The molecule has 144 valence electrons. The molecule has 4 atom stereocenters.